The Bertz CT molecular complexity index is 962. The number of aromatic nitrogens is 3. The highest BCUT2D eigenvalue weighted by atomic mass is 35.5. The second kappa shape index (κ2) is 8.11. The average molecular weight is 390 g/mol. The number of thioether (sulfide) groups is 1. The Labute approximate surface area is 159 Å². The Balaban J connectivity index is 1.74. The molecular weight excluding hydrogens is 374 g/mol. The quantitative estimate of drug-likeness (QED) is 0.494. The van der Waals surface area contributed by atoms with Crippen LogP contribution in [-0.2, 0) is 5.75 Å². The van der Waals surface area contributed by atoms with Gasteiger partial charge in [0.2, 0.25) is 11.0 Å². The maximum Gasteiger partial charge on any atom is 0.315 e. The first-order valence-corrected chi connectivity index (χ1v) is 8.97. The molecule has 0 aliphatic rings. The number of benzene rings is 2. The lowest BCUT2D eigenvalue weighted by atomic mass is 10.2. The SMILES string of the molecule is COc1ccc(CSc2nnc(Nc3ccccc3Cl)c(=O)n2N)cc1. The van der Waals surface area contributed by atoms with E-state index in [2.05, 4.69) is 15.5 Å². The van der Waals surface area contributed by atoms with Crippen LogP contribution >= 0.6 is 23.4 Å². The molecule has 3 N–H and O–H groups in total. The van der Waals surface area contributed by atoms with Crippen LogP contribution in [0.1, 0.15) is 5.56 Å². The molecule has 3 rings (SSSR count). The van der Waals surface area contributed by atoms with Crippen molar-refractivity contribution in [1.82, 2.24) is 14.9 Å². The van der Waals surface area contributed by atoms with Crippen molar-refractivity contribution in [3.8, 4) is 5.75 Å². The van der Waals surface area contributed by atoms with E-state index in [1.165, 1.54) is 11.8 Å². The maximum absolute atomic E-state index is 12.4. The minimum atomic E-state index is -0.489. The second-order valence-corrected chi connectivity index (χ2v) is 6.60. The van der Waals surface area contributed by atoms with Crippen LogP contribution in [0.15, 0.2) is 58.5 Å². The molecule has 0 atom stereocenters. The summed E-state index contributed by atoms with van der Waals surface area (Å²) in [5.74, 6) is 7.25. The third-order valence-electron chi connectivity index (χ3n) is 3.52. The molecule has 0 radical (unpaired) electrons. The summed E-state index contributed by atoms with van der Waals surface area (Å²) < 4.78 is 6.10. The Morgan fingerprint density at radius 1 is 1.19 bits per heavy atom. The predicted octanol–water partition coefficient (Wildman–Crippen LogP) is 3.05. The van der Waals surface area contributed by atoms with Crippen LogP contribution in [0.2, 0.25) is 5.02 Å². The lowest BCUT2D eigenvalue weighted by molar-refractivity contribution is 0.414. The van der Waals surface area contributed by atoms with Gasteiger partial charge in [0.15, 0.2) is 0 Å². The topological polar surface area (TPSA) is 95.1 Å². The Morgan fingerprint density at radius 2 is 1.92 bits per heavy atom. The summed E-state index contributed by atoms with van der Waals surface area (Å²) in [5, 5.41) is 11.6. The molecule has 0 fully saturated rings. The van der Waals surface area contributed by atoms with Gasteiger partial charge < -0.3 is 15.9 Å². The lowest BCUT2D eigenvalue weighted by Gasteiger charge is -2.10. The van der Waals surface area contributed by atoms with Gasteiger partial charge in [-0.15, -0.1) is 10.2 Å². The number of hydrogen-bond acceptors (Lipinski definition) is 7. The largest absolute Gasteiger partial charge is 0.497 e. The number of nitrogens with one attached hydrogen (secondary N) is 1. The minimum absolute atomic E-state index is 0.00870. The van der Waals surface area contributed by atoms with Gasteiger partial charge in [-0.2, -0.15) is 4.68 Å². The zero-order chi connectivity index (χ0) is 18.5. The Kier molecular flexibility index (Phi) is 5.65. The van der Waals surface area contributed by atoms with E-state index < -0.39 is 5.56 Å². The smallest absolute Gasteiger partial charge is 0.315 e. The van der Waals surface area contributed by atoms with Crippen LogP contribution in [-0.4, -0.2) is 22.0 Å². The van der Waals surface area contributed by atoms with Crippen LogP contribution < -0.4 is 21.5 Å². The van der Waals surface area contributed by atoms with Gasteiger partial charge in [-0.05, 0) is 29.8 Å². The molecule has 7 nitrogen and oxygen atoms in total. The maximum atomic E-state index is 12.4. The van der Waals surface area contributed by atoms with Gasteiger partial charge in [-0.3, -0.25) is 4.79 Å². The highest BCUT2D eigenvalue weighted by molar-refractivity contribution is 7.98. The minimum Gasteiger partial charge on any atom is -0.497 e. The van der Waals surface area contributed by atoms with Crippen molar-refractivity contribution in [2.75, 3.05) is 18.3 Å². The number of nitrogen functional groups attached to an aromatic ring is 1. The van der Waals surface area contributed by atoms with Gasteiger partial charge in [-0.25, -0.2) is 0 Å². The molecule has 26 heavy (non-hydrogen) atoms. The number of nitrogens with two attached hydrogens (primary N) is 1. The second-order valence-electron chi connectivity index (χ2n) is 5.25. The molecule has 3 aromatic rings. The first-order chi connectivity index (χ1) is 12.6. The van der Waals surface area contributed by atoms with E-state index in [0.717, 1.165) is 16.0 Å². The number of nitrogens with zero attached hydrogens (tertiary/aromatic N) is 3. The van der Waals surface area contributed by atoms with E-state index >= 15 is 0 Å². The first kappa shape index (κ1) is 18.1. The summed E-state index contributed by atoms with van der Waals surface area (Å²) >= 11 is 7.39. The Hall–Kier alpha value is -2.71. The number of halogens is 1. The number of para-hydroxylation sites is 1. The van der Waals surface area contributed by atoms with Gasteiger partial charge in [0, 0.05) is 5.75 Å². The van der Waals surface area contributed by atoms with Gasteiger partial charge >= 0.3 is 5.56 Å². The standard InChI is InChI=1S/C17H16ClN5O2S/c1-25-12-8-6-11(7-9-12)10-26-17-22-21-15(16(24)23(17)19)20-14-5-3-2-4-13(14)18/h2-9H,10,19H2,1H3,(H,20,21). The highest BCUT2D eigenvalue weighted by Crippen LogP contribution is 2.24. The van der Waals surface area contributed by atoms with Gasteiger partial charge in [0.1, 0.15) is 5.75 Å². The zero-order valence-corrected chi connectivity index (χ0v) is 15.4. The highest BCUT2D eigenvalue weighted by Gasteiger charge is 2.12. The van der Waals surface area contributed by atoms with Crippen molar-refractivity contribution in [3.05, 3.63) is 69.5 Å². The first-order valence-electron chi connectivity index (χ1n) is 7.60. The van der Waals surface area contributed by atoms with Crippen LogP contribution in [0.5, 0.6) is 5.75 Å². The fourth-order valence-corrected chi connectivity index (χ4v) is 3.11. The van der Waals surface area contributed by atoms with Crippen molar-refractivity contribution in [2.45, 2.75) is 10.9 Å². The van der Waals surface area contributed by atoms with Crippen LogP contribution in [0.25, 0.3) is 0 Å². The third kappa shape index (κ3) is 4.09. The zero-order valence-electron chi connectivity index (χ0n) is 13.8. The van der Waals surface area contributed by atoms with Gasteiger partial charge in [0.05, 0.1) is 17.8 Å². The molecule has 1 heterocycles. The number of rotatable bonds is 6. The lowest BCUT2D eigenvalue weighted by Crippen LogP contribution is -2.32. The van der Waals surface area contributed by atoms with E-state index in [9.17, 15) is 4.79 Å². The third-order valence-corrected chi connectivity index (χ3v) is 4.86. The van der Waals surface area contributed by atoms with Crippen molar-refractivity contribution in [1.29, 1.82) is 0 Å². The molecule has 0 aliphatic heterocycles. The van der Waals surface area contributed by atoms with E-state index in [1.54, 1.807) is 31.4 Å². The molecule has 9 heteroatoms. The van der Waals surface area contributed by atoms with Crippen molar-refractivity contribution in [2.24, 2.45) is 0 Å². The molecule has 0 unspecified atom stereocenters. The van der Waals surface area contributed by atoms with Gasteiger partial charge in [0.25, 0.3) is 0 Å². The molecule has 0 saturated carbocycles. The van der Waals surface area contributed by atoms with Crippen molar-refractivity contribution >= 4 is 34.9 Å². The molecule has 0 spiro atoms. The van der Waals surface area contributed by atoms with E-state index in [0.29, 0.717) is 21.6 Å². The summed E-state index contributed by atoms with van der Waals surface area (Å²) in [4.78, 5) is 12.4. The summed E-state index contributed by atoms with van der Waals surface area (Å²) in [6.07, 6.45) is 0. The van der Waals surface area contributed by atoms with E-state index in [4.69, 9.17) is 22.2 Å². The van der Waals surface area contributed by atoms with E-state index in [1.807, 2.05) is 24.3 Å². The number of anilines is 2. The molecule has 2 aromatic carbocycles. The van der Waals surface area contributed by atoms with Crippen molar-refractivity contribution < 1.29 is 4.74 Å². The molecule has 1 aromatic heterocycles. The fourth-order valence-electron chi connectivity index (χ4n) is 2.12. The summed E-state index contributed by atoms with van der Waals surface area (Å²) in [6, 6.07) is 14.6. The molecular formula is C17H16ClN5O2S. The predicted molar refractivity (Wildman–Crippen MR) is 104 cm³/mol. The molecule has 134 valence electrons. The van der Waals surface area contributed by atoms with Crippen LogP contribution in [0.4, 0.5) is 11.5 Å². The summed E-state index contributed by atoms with van der Waals surface area (Å²) in [7, 11) is 1.62. The van der Waals surface area contributed by atoms with Crippen LogP contribution in [0.3, 0.4) is 0 Å². The molecule has 0 aliphatic carbocycles. The normalized spacial score (nSPS) is 10.5. The summed E-state index contributed by atoms with van der Waals surface area (Å²) in [5.41, 5.74) is 1.11. The fraction of sp³-hybridized carbons (Fsp3) is 0.118. The average Bonchev–Trinajstić information content (AvgIpc) is 2.67. The number of hydrogen-bond donors (Lipinski definition) is 2. The molecule has 0 amide bonds. The molecule has 0 bridgehead atoms. The Morgan fingerprint density at radius 3 is 2.62 bits per heavy atom. The molecule has 0 saturated heterocycles. The monoisotopic (exact) mass is 389 g/mol. The van der Waals surface area contributed by atoms with E-state index in [-0.39, 0.29) is 5.82 Å². The van der Waals surface area contributed by atoms with Gasteiger partial charge in [-0.1, -0.05) is 47.6 Å². The van der Waals surface area contributed by atoms with Crippen LogP contribution in [0, 0.1) is 0 Å². The number of methoxy groups -OCH3 is 1. The number of ether oxygens (including phenoxy) is 1. The summed E-state index contributed by atoms with van der Waals surface area (Å²) in [6.45, 7) is 0. The van der Waals surface area contributed by atoms with Crippen molar-refractivity contribution in [3.63, 3.8) is 0 Å².